The molecule has 2 aromatic rings. The predicted octanol–water partition coefficient (Wildman–Crippen LogP) is 5.38. The topological polar surface area (TPSA) is 41.4 Å². The highest BCUT2D eigenvalue weighted by Gasteiger charge is 2.54. The van der Waals surface area contributed by atoms with E-state index in [1.807, 2.05) is 4.90 Å². The maximum atomic E-state index is 14.3. The molecule has 4 unspecified atom stereocenters. The molecule has 188 valence electrons. The van der Waals surface area contributed by atoms with E-state index in [1.165, 1.54) is 30.4 Å². The lowest BCUT2D eigenvalue weighted by Crippen LogP contribution is -2.58. The van der Waals surface area contributed by atoms with E-state index in [0.717, 1.165) is 37.8 Å². The molecule has 1 amide bonds. The van der Waals surface area contributed by atoms with E-state index in [2.05, 4.69) is 40.4 Å². The van der Waals surface area contributed by atoms with Gasteiger partial charge >= 0.3 is 6.18 Å². The smallest absolute Gasteiger partial charge is 0.352 e. The van der Waals surface area contributed by atoms with Crippen LogP contribution in [0.1, 0.15) is 61.5 Å². The van der Waals surface area contributed by atoms with Gasteiger partial charge in [-0.25, -0.2) is 4.98 Å². The molecule has 2 saturated carbocycles. The molecule has 8 heteroatoms. The van der Waals surface area contributed by atoms with Crippen molar-refractivity contribution in [2.75, 3.05) is 18.0 Å². The van der Waals surface area contributed by atoms with Crippen molar-refractivity contribution in [2.24, 2.45) is 17.8 Å². The molecule has 2 saturated heterocycles. The summed E-state index contributed by atoms with van der Waals surface area (Å²) in [7, 11) is 0. The fourth-order valence-electron chi connectivity index (χ4n) is 7.78. The van der Waals surface area contributed by atoms with Gasteiger partial charge in [-0.15, -0.1) is 0 Å². The van der Waals surface area contributed by atoms with E-state index in [0.29, 0.717) is 30.7 Å². The number of fused-ring (bicyclic) bond motifs is 3. The highest BCUT2D eigenvalue weighted by atomic mass is 19.4. The summed E-state index contributed by atoms with van der Waals surface area (Å²) in [4.78, 5) is 22.6. The van der Waals surface area contributed by atoms with Gasteiger partial charge in [0.25, 0.3) is 0 Å². The number of aromatic nitrogens is 2. The summed E-state index contributed by atoms with van der Waals surface area (Å²) in [6.45, 7) is 5.35. The van der Waals surface area contributed by atoms with Gasteiger partial charge in [0, 0.05) is 48.8 Å². The summed E-state index contributed by atoms with van der Waals surface area (Å²) >= 11 is 0. The minimum absolute atomic E-state index is 0.00590. The van der Waals surface area contributed by atoms with Crippen molar-refractivity contribution in [1.29, 1.82) is 0 Å². The van der Waals surface area contributed by atoms with Crippen LogP contribution in [0.2, 0.25) is 0 Å². The van der Waals surface area contributed by atoms with Crippen LogP contribution in [-0.4, -0.2) is 45.5 Å². The molecule has 0 aromatic carbocycles. The fourth-order valence-corrected chi connectivity index (χ4v) is 7.78. The highest BCUT2D eigenvalue weighted by Crippen LogP contribution is 2.54. The number of rotatable bonds is 3. The highest BCUT2D eigenvalue weighted by molar-refractivity contribution is 5.82. The average Bonchev–Trinajstić information content (AvgIpc) is 3.55. The second-order valence-electron chi connectivity index (χ2n) is 11.1. The van der Waals surface area contributed by atoms with E-state index in [-0.39, 0.29) is 30.0 Å². The van der Waals surface area contributed by atoms with Crippen molar-refractivity contribution in [3.63, 3.8) is 0 Å². The van der Waals surface area contributed by atoms with E-state index < -0.39 is 11.7 Å². The van der Waals surface area contributed by atoms with Crippen molar-refractivity contribution in [3.05, 3.63) is 47.4 Å². The predicted molar refractivity (Wildman–Crippen MR) is 127 cm³/mol. The Labute approximate surface area is 204 Å². The van der Waals surface area contributed by atoms with Crippen LogP contribution in [0.3, 0.4) is 0 Å². The summed E-state index contributed by atoms with van der Waals surface area (Å²) in [5.41, 5.74) is 1.76. The number of amides is 1. The van der Waals surface area contributed by atoms with Crippen molar-refractivity contribution in [1.82, 2.24) is 14.5 Å². The van der Waals surface area contributed by atoms with Crippen LogP contribution in [0.25, 0.3) is 0 Å². The van der Waals surface area contributed by atoms with Crippen molar-refractivity contribution in [2.45, 2.75) is 76.7 Å². The zero-order valence-electron chi connectivity index (χ0n) is 20.3. The third-order valence-corrected chi connectivity index (χ3v) is 9.21. The van der Waals surface area contributed by atoms with Gasteiger partial charge in [-0.05, 0) is 75.6 Å². The number of nitrogens with zero attached hydrogens (tertiary/aromatic N) is 4. The van der Waals surface area contributed by atoms with Crippen molar-refractivity contribution >= 4 is 11.7 Å². The third kappa shape index (κ3) is 3.75. The van der Waals surface area contributed by atoms with Crippen molar-refractivity contribution in [3.8, 4) is 0 Å². The Bertz CT molecular complexity index is 1090. The molecular formula is C27H33F3N4O. The lowest BCUT2D eigenvalue weighted by atomic mass is 9.88. The van der Waals surface area contributed by atoms with Gasteiger partial charge in [0.05, 0.1) is 11.5 Å². The summed E-state index contributed by atoms with van der Waals surface area (Å²) in [5, 5.41) is 0. The quantitative estimate of drug-likeness (QED) is 0.585. The molecule has 5 nitrogen and oxygen atoms in total. The fraction of sp³-hybridized carbons (Fsp3) is 0.630. The number of carbonyl (C=O) groups excluding carboxylic acids is 1. The number of pyridine rings is 1. The number of anilines is 1. The molecule has 4 heterocycles. The second-order valence-corrected chi connectivity index (χ2v) is 11.1. The average molecular weight is 487 g/mol. The number of halogens is 3. The van der Waals surface area contributed by atoms with E-state index in [9.17, 15) is 18.0 Å². The molecule has 4 fully saturated rings. The van der Waals surface area contributed by atoms with E-state index in [4.69, 9.17) is 0 Å². The molecule has 0 N–H and O–H groups in total. The molecule has 2 bridgehead atoms. The van der Waals surface area contributed by atoms with Crippen LogP contribution in [0.4, 0.5) is 19.0 Å². The lowest BCUT2D eigenvalue weighted by molar-refractivity contribution is -0.141. The first kappa shape index (κ1) is 22.9. The first-order valence-corrected chi connectivity index (χ1v) is 13.0. The number of hydrogen-bond acceptors (Lipinski definition) is 3. The van der Waals surface area contributed by atoms with Gasteiger partial charge in [-0.1, -0.05) is 12.8 Å². The largest absolute Gasteiger partial charge is 0.416 e. The molecule has 2 aliphatic carbocycles. The van der Waals surface area contributed by atoms with Crippen LogP contribution in [0.5, 0.6) is 0 Å². The van der Waals surface area contributed by atoms with Crippen LogP contribution >= 0.6 is 0 Å². The first-order valence-electron chi connectivity index (χ1n) is 13.0. The van der Waals surface area contributed by atoms with Gasteiger partial charge in [0.1, 0.15) is 5.82 Å². The maximum absolute atomic E-state index is 14.3. The Morgan fingerprint density at radius 2 is 1.69 bits per heavy atom. The molecule has 6 atom stereocenters. The van der Waals surface area contributed by atoms with Gasteiger partial charge in [-0.2, -0.15) is 13.2 Å². The summed E-state index contributed by atoms with van der Waals surface area (Å²) < 4.78 is 42.2. The van der Waals surface area contributed by atoms with Gasteiger partial charge in [0.2, 0.25) is 5.91 Å². The molecule has 2 aromatic heterocycles. The number of alkyl halides is 3. The maximum Gasteiger partial charge on any atom is 0.416 e. The van der Waals surface area contributed by atoms with Crippen LogP contribution < -0.4 is 4.90 Å². The number of carbonyl (C=O) groups is 1. The number of piperazine rings is 1. The summed E-state index contributed by atoms with van der Waals surface area (Å²) in [6, 6.07) is 6.73. The summed E-state index contributed by atoms with van der Waals surface area (Å²) in [5.74, 6) is 1.69. The monoisotopic (exact) mass is 486 g/mol. The Morgan fingerprint density at radius 3 is 2.34 bits per heavy atom. The Kier molecular flexibility index (Phi) is 5.42. The minimum Gasteiger partial charge on any atom is -0.352 e. The molecule has 4 aliphatic rings. The van der Waals surface area contributed by atoms with Crippen LogP contribution in [0, 0.1) is 31.6 Å². The third-order valence-electron chi connectivity index (χ3n) is 9.21. The second kappa shape index (κ2) is 8.27. The van der Waals surface area contributed by atoms with E-state index in [1.54, 1.807) is 0 Å². The van der Waals surface area contributed by atoms with Crippen LogP contribution in [-0.2, 0) is 11.0 Å². The standard InChI is InChI=1S/C27H33F3N4O/c1-16-6-7-17(2)33(16)23-12-18-4-3-5-22(18)25(23)26(35)34-20-8-9-21(34)15-32(14-20)24-13-19(10-11-31-24)27(28,29)30/h6-7,10-11,13,18,20-23,25H,3-5,8-9,12,14-15H2,1-2H3/t18?,20-,21?,22?,23?,25+/m0/s1. The normalized spacial score (nSPS) is 32.4. The van der Waals surface area contributed by atoms with Crippen molar-refractivity contribution < 1.29 is 18.0 Å². The zero-order chi connectivity index (χ0) is 24.5. The number of aryl methyl sites for hydroxylation is 2. The van der Waals surface area contributed by atoms with Gasteiger partial charge in [-0.3, -0.25) is 4.79 Å². The summed E-state index contributed by atoms with van der Waals surface area (Å²) in [6.07, 6.45) is 3.27. The van der Waals surface area contributed by atoms with Gasteiger partial charge in [0.15, 0.2) is 0 Å². The molecule has 35 heavy (non-hydrogen) atoms. The molecule has 0 radical (unpaired) electrons. The van der Waals surface area contributed by atoms with Gasteiger partial charge < -0.3 is 14.4 Å². The lowest BCUT2D eigenvalue weighted by Gasteiger charge is -2.44. The van der Waals surface area contributed by atoms with Crippen LogP contribution in [0.15, 0.2) is 30.5 Å². The first-order chi connectivity index (χ1) is 16.7. The molecule has 0 spiro atoms. The number of hydrogen-bond donors (Lipinski definition) is 0. The Hall–Kier alpha value is -2.51. The molecule has 6 rings (SSSR count). The Balaban J connectivity index is 1.26. The molecular weight excluding hydrogens is 453 g/mol. The SMILES string of the molecule is Cc1ccc(C)n1C1CC2CCCC2[C@H]1C(=O)N1C2CC[C@H]1CN(c1cc(C(F)(F)F)ccn1)C2. The minimum atomic E-state index is -4.39. The zero-order valence-corrected chi connectivity index (χ0v) is 20.3. The molecule has 2 aliphatic heterocycles. The van der Waals surface area contributed by atoms with E-state index >= 15 is 0 Å². The Morgan fingerprint density at radius 1 is 1.00 bits per heavy atom.